The number of ketones is 1. The van der Waals surface area contributed by atoms with Crippen molar-refractivity contribution in [3.63, 3.8) is 0 Å². The summed E-state index contributed by atoms with van der Waals surface area (Å²) in [4.78, 5) is 29.0. The SMILES string of the molecule is CCC(=O)C(c1ccc2ccccc2c1)N1CCN(C(=O)OC(C)(C)C)CC1. The first kappa shape index (κ1) is 20.3. The van der Waals surface area contributed by atoms with Gasteiger partial charge in [-0.1, -0.05) is 43.3 Å². The molecule has 1 aliphatic rings. The monoisotopic (exact) mass is 382 g/mol. The van der Waals surface area contributed by atoms with Crippen LogP contribution < -0.4 is 0 Å². The first-order valence-electron chi connectivity index (χ1n) is 10.0. The number of rotatable bonds is 4. The lowest BCUT2D eigenvalue weighted by Gasteiger charge is -2.39. The summed E-state index contributed by atoms with van der Waals surface area (Å²) >= 11 is 0. The fourth-order valence-corrected chi connectivity index (χ4v) is 3.66. The van der Waals surface area contributed by atoms with E-state index in [1.165, 1.54) is 5.39 Å². The van der Waals surface area contributed by atoms with Crippen molar-refractivity contribution < 1.29 is 14.3 Å². The fraction of sp³-hybridized carbons (Fsp3) is 0.478. The van der Waals surface area contributed by atoms with Gasteiger partial charge in [0.15, 0.2) is 5.78 Å². The number of amides is 1. The van der Waals surface area contributed by atoms with E-state index in [4.69, 9.17) is 4.74 Å². The molecule has 0 N–H and O–H groups in total. The summed E-state index contributed by atoms with van der Waals surface area (Å²) in [6.45, 7) is 9.97. The van der Waals surface area contributed by atoms with Crippen molar-refractivity contribution >= 4 is 22.6 Å². The molecule has 28 heavy (non-hydrogen) atoms. The summed E-state index contributed by atoms with van der Waals surface area (Å²) in [6, 6.07) is 14.2. The molecule has 0 saturated carbocycles. The van der Waals surface area contributed by atoms with Crippen LogP contribution in [0.1, 0.15) is 45.7 Å². The summed E-state index contributed by atoms with van der Waals surface area (Å²) in [5.41, 5.74) is 0.524. The molecule has 1 aliphatic heterocycles. The normalized spacial score (nSPS) is 16.8. The van der Waals surface area contributed by atoms with Crippen molar-refractivity contribution in [2.24, 2.45) is 0 Å². The highest BCUT2D eigenvalue weighted by molar-refractivity contribution is 5.88. The van der Waals surface area contributed by atoms with E-state index in [-0.39, 0.29) is 17.9 Å². The van der Waals surface area contributed by atoms with Crippen LogP contribution in [0.2, 0.25) is 0 Å². The molecule has 0 bridgehead atoms. The van der Waals surface area contributed by atoms with Crippen molar-refractivity contribution in [2.75, 3.05) is 26.2 Å². The number of Topliss-reactive ketones (excluding diaryl/α,β-unsaturated/α-hetero) is 1. The van der Waals surface area contributed by atoms with Gasteiger partial charge in [0.2, 0.25) is 0 Å². The average molecular weight is 383 g/mol. The number of ether oxygens (including phenoxy) is 1. The Balaban J connectivity index is 1.76. The van der Waals surface area contributed by atoms with E-state index in [2.05, 4.69) is 35.2 Å². The molecule has 0 aromatic heterocycles. The number of piperazine rings is 1. The van der Waals surface area contributed by atoms with Gasteiger partial charge in [-0.3, -0.25) is 9.69 Å². The van der Waals surface area contributed by atoms with Crippen LogP contribution in [0.15, 0.2) is 42.5 Å². The van der Waals surface area contributed by atoms with E-state index in [0.717, 1.165) is 10.9 Å². The number of carbonyl (C=O) groups excluding carboxylic acids is 2. The van der Waals surface area contributed by atoms with Gasteiger partial charge in [-0.05, 0) is 43.2 Å². The maximum atomic E-state index is 12.8. The molecule has 2 aromatic carbocycles. The predicted molar refractivity (Wildman–Crippen MR) is 111 cm³/mol. The number of carbonyl (C=O) groups is 2. The maximum absolute atomic E-state index is 12.8. The van der Waals surface area contributed by atoms with Gasteiger partial charge in [-0.2, -0.15) is 0 Å². The first-order chi connectivity index (χ1) is 13.3. The number of benzene rings is 2. The van der Waals surface area contributed by atoms with Crippen LogP contribution in [0.4, 0.5) is 4.79 Å². The van der Waals surface area contributed by atoms with Gasteiger partial charge in [0.05, 0.1) is 6.04 Å². The topological polar surface area (TPSA) is 49.9 Å². The van der Waals surface area contributed by atoms with Crippen molar-refractivity contribution in [3.05, 3.63) is 48.0 Å². The number of fused-ring (bicyclic) bond motifs is 1. The third-order valence-electron chi connectivity index (χ3n) is 5.07. The van der Waals surface area contributed by atoms with Gasteiger partial charge in [-0.25, -0.2) is 4.79 Å². The second-order valence-electron chi connectivity index (χ2n) is 8.33. The zero-order valence-electron chi connectivity index (χ0n) is 17.3. The molecule has 1 atom stereocenters. The summed E-state index contributed by atoms with van der Waals surface area (Å²) in [5, 5.41) is 2.31. The molecule has 0 radical (unpaired) electrons. The molecule has 5 nitrogen and oxygen atoms in total. The highest BCUT2D eigenvalue weighted by Crippen LogP contribution is 2.28. The third kappa shape index (κ3) is 4.71. The molecule has 1 saturated heterocycles. The number of nitrogens with zero attached hydrogens (tertiary/aromatic N) is 2. The van der Waals surface area contributed by atoms with E-state index in [0.29, 0.717) is 32.6 Å². The predicted octanol–water partition coefficient (Wildman–Crippen LogP) is 4.41. The third-order valence-corrected chi connectivity index (χ3v) is 5.07. The lowest BCUT2D eigenvalue weighted by molar-refractivity contribution is -0.124. The summed E-state index contributed by atoms with van der Waals surface area (Å²) in [7, 11) is 0. The van der Waals surface area contributed by atoms with E-state index in [1.54, 1.807) is 4.90 Å². The Hall–Kier alpha value is -2.40. The van der Waals surface area contributed by atoms with Gasteiger partial charge in [-0.15, -0.1) is 0 Å². The molecule has 150 valence electrons. The standard InChI is InChI=1S/C23H30N2O3/c1-5-20(26)21(19-11-10-17-8-6-7-9-18(17)16-19)24-12-14-25(15-13-24)22(27)28-23(2,3)4/h6-11,16,21H,5,12-15H2,1-4H3. The lowest BCUT2D eigenvalue weighted by Crippen LogP contribution is -2.51. The molecule has 0 aliphatic carbocycles. The Morgan fingerprint density at radius 1 is 1.00 bits per heavy atom. The zero-order valence-corrected chi connectivity index (χ0v) is 17.3. The summed E-state index contributed by atoms with van der Waals surface area (Å²) in [6.07, 6.45) is 0.209. The van der Waals surface area contributed by atoms with Crippen LogP contribution in [0.25, 0.3) is 10.8 Å². The molecule has 3 rings (SSSR count). The molecule has 2 aromatic rings. The van der Waals surface area contributed by atoms with Crippen LogP contribution in [0.3, 0.4) is 0 Å². The maximum Gasteiger partial charge on any atom is 0.410 e. The Labute approximate surface area is 167 Å². The zero-order chi connectivity index (χ0) is 20.3. The quantitative estimate of drug-likeness (QED) is 0.786. The van der Waals surface area contributed by atoms with E-state index < -0.39 is 5.60 Å². The summed E-state index contributed by atoms with van der Waals surface area (Å²) in [5.74, 6) is 0.209. The molecule has 0 spiro atoms. The Morgan fingerprint density at radius 2 is 1.64 bits per heavy atom. The van der Waals surface area contributed by atoms with E-state index in [9.17, 15) is 9.59 Å². The average Bonchev–Trinajstić information content (AvgIpc) is 2.67. The van der Waals surface area contributed by atoms with Crippen LogP contribution in [-0.2, 0) is 9.53 Å². The van der Waals surface area contributed by atoms with Gasteiger partial charge in [0, 0.05) is 32.6 Å². The van der Waals surface area contributed by atoms with Gasteiger partial charge in [0.25, 0.3) is 0 Å². The smallest absolute Gasteiger partial charge is 0.410 e. The molecule has 1 heterocycles. The van der Waals surface area contributed by atoms with Crippen LogP contribution >= 0.6 is 0 Å². The lowest BCUT2D eigenvalue weighted by atomic mass is 9.96. The van der Waals surface area contributed by atoms with Crippen molar-refractivity contribution in [3.8, 4) is 0 Å². The van der Waals surface area contributed by atoms with Crippen LogP contribution in [0.5, 0.6) is 0 Å². The minimum absolute atomic E-state index is 0.209. The molecule has 1 fully saturated rings. The fourth-order valence-electron chi connectivity index (χ4n) is 3.66. The first-order valence-corrected chi connectivity index (χ1v) is 10.0. The largest absolute Gasteiger partial charge is 0.444 e. The number of hydrogen-bond donors (Lipinski definition) is 0. The van der Waals surface area contributed by atoms with Crippen molar-refractivity contribution in [1.82, 2.24) is 9.80 Å². The molecular formula is C23H30N2O3. The van der Waals surface area contributed by atoms with Crippen LogP contribution in [0, 0.1) is 0 Å². The van der Waals surface area contributed by atoms with Crippen LogP contribution in [-0.4, -0.2) is 53.5 Å². The Bertz CT molecular complexity index is 848. The van der Waals surface area contributed by atoms with Crippen molar-refractivity contribution in [1.29, 1.82) is 0 Å². The van der Waals surface area contributed by atoms with Gasteiger partial charge >= 0.3 is 6.09 Å². The molecule has 5 heteroatoms. The Kier molecular flexibility index (Phi) is 6.04. The molecular weight excluding hydrogens is 352 g/mol. The highest BCUT2D eigenvalue weighted by Gasteiger charge is 2.32. The molecule has 1 unspecified atom stereocenters. The Morgan fingerprint density at radius 3 is 2.25 bits per heavy atom. The van der Waals surface area contributed by atoms with Gasteiger partial charge in [0.1, 0.15) is 5.60 Å². The minimum atomic E-state index is -0.500. The minimum Gasteiger partial charge on any atom is -0.444 e. The summed E-state index contributed by atoms with van der Waals surface area (Å²) < 4.78 is 5.48. The van der Waals surface area contributed by atoms with Crippen molar-refractivity contribution in [2.45, 2.75) is 45.8 Å². The highest BCUT2D eigenvalue weighted by atomic mass is 16.6. The van der Waals surface area contributed by atoms with Gasteiger partial charge < -0.3 is 9.64 Å². The second-order valence-corrected chi connectivity index (χ2v) is 8.33. The number of hydrogen-bond acceptors (Lipinski definition) is 4. The van der Waals surface area contributed by atoms with E-state index in [1.807, 2.05) is 39.8 Å². The van der Waals surface area contributed by atoms with E-state index >= 15 is 0 Å². The molecule has 1 amide bonds. The second kappa shape index (κ2) is 8.31.